The molecule has 0 aromatic heterocycles. The minimum absolute atomic E-state index is 0.237. The van der Waals surface area contributed by atoms with Crippen LogP contribution in [0.15, 0.2) is 72.8 Å². The van der Waals surface area contributed by atoms with E-state index in [1.165, 1.54) is 17.2 Å². The summed E-state index contributed by atoms with van der Waals surface area (Å²) in [6.07, 6.45) is 10.9. The molecule has 0 spiro atoms. The highest BCUT2D eigenvalue weighted by Gasteiger charge is 2.07. The number of rotatable bonds is 6. The second kappa shape index (κ2) is 15.1. The van der Waals surface area contributed by atoms with Crippen molar-refractivity contribution in [3.63, 3.8) is 0 Å². The Balaban J connectivity index is 0.000000497. The van der Waals surface area contributed by atoms with Gasteiger partial charge in [-0.1, -0.05) is 85.5 Å². The van der Waals surface area contributed by atoms with Gasteiger partial charge in [0.15, 0.2) is 0 Å². The molecule has 0 bridgehead atoms. The van der Waals surface area contributed by atoms with Gasteiger partial charge in [-0.2, -0.15) is 0 Å². The minimum Gasteiger partial charge on any atom is -0.478 e. The highest BCUT2D eigenvalue weighted by molar-refractivity contribution is 5.87. The van der Waals surface area contributed by atoms with Crippen LogP contribution < -0.4 is 0 Å². The summed E-state index contributed by atoms with van der Waals surface area (Å²) >= 11 is 0. The first-order valence-electron chi connectivity index (χ1n) is 9.56. The van der Waals surface area contributed by atoms with E-state index in [4.69, 9.17) is 11.5 Å². The lowest BCUT2D eigenvalue weighted by atomic mass is 10.0. The van der Waals surface area contributed by atoms with Crippen LogP contribution >= 0.6 is 0 Å². The van der Waals surface area contributed by atoms with E-state index in [1.54, 1.807) is 0 Å². The number of benzene rings is 2. The highest BCUT2D eigenvalue weighted by Crippen LogP contribution is 2.09. The van der Waals surface area contributed by atoms with Gasteiger partial charge in [0, 0.05) is 12.0 Å². The van der Waals surface area contributed by atoms with E-state index in [2.05, 4.69) is 43.7 Å². The molecule has 1 N–H and O–H groups in total. The normalized spacial score (nSPS) is 9.75. The Labute approximate surface area is 170 Å². The molecule has 0 saturated heterocycles. The van der Waals surface area contributed by atoms with Gasteiger partial charge in [-0.15, -0.1) is 13.0 Å². The summed E-state index contributed by atoms with van der Waals surface area (Å²) in [6.45, 7) is 11.8. The second-order valence-electron chi connectivity index (χ2n) is 6.12. The first-order chi connectivity index (χ1) is 13.5. The first kappa shape index (κ1) is 24.9. The average molecular weight is 377 g/mol. The van der Waals surface area contributed by atoms with Crippen molar-refractivity contribution < 1.29 is 9.90 Å². The molecule has 0 saturated carbocycles. The van der Waals surface area contributed by atoms with Crippen LogP contribution in [0.25, 0.3) is 0 Å². The molecule has 0 atom stereocenters. The molecule has 0 unspecified atom stereocenters. The van der Waals surface area contributed by atoms with Gasteiger partial charge in [0.2, 0.25) is 0 Å². The predicted octanol–water partition coefficient (Wildman–Crippen LogP) is 6.32. The summed E-state index contributed by atoms with van der Waals surface area (Å²) in [5, 5.41) is 8.86. The van der Waals surface area contributed by atoms with Gasteiger partial charge < -0.3 is 5.11 Å². The number of carboxylic acid groups (broad SMARTS) is 1. The molecule has 0 aliphatic carbocycles. The summed E-state index contributed by atoms with van der Waals surface area (Å²) < 4.78 is 0. The van der Waals surface area contributed by atoms with Gasteiger partial charge in [0.1, 0.15) is 0 Å². The van der Waals surface area contributed by atoms with Gasteiger partial charge in [-0.05, 0) is 43.9 Å². The smallest absolute Gasteiger partial charge is 0.332 e. The SMILES string of the molecule is C#C/C=C(/Cc1ccc(C)cc1)C(=O)O.C=CCCc1ccc(C)cc1.CC. The lowest BCUT2D eigenvalue weighted by Gasteiger charge is -2.02. The largest absolute Gasteiger partial charge is 0.478 e. The van der Waals surface area contributed by atoms with Crippen molar-refractivity contribution in [3.8, 4) is 12.3 Å². The summed E-state index contributed by atoms with van der Waals surface area (Å²) in [7, 11) is 0. The molecule has 28 heavy (non-hydrogen) atoms. The molecule has 2 rings (SSSR count). The summed E-state index contributed by atoms with van der Waals surface area (Å²) in [5.41, 5.74) is 5.06. The standard InChI is InChI=1S/C13H12O2.C11H14.C2H6/c1-3-4-12(13(14)15)9-11-7-5-10(2)6-8-11;1-3-4-5-11-8-6-10(2)7-9-11;1-2/h1,4-8H,9H2,2H3,(H,14,15);3,6-9H,1,4-5H2,2H3;1-2H3/b12-4-;;. The quantitative estimate of drug-likeness (QED) is 0.364. The molecule has 0 radical (unpaired) electrons. The molecular formula is C26H32O2. The third-order valence-electron chi connectivity index (χ3n) is 3.81. The Morgan fingerprint density at radius 2 is 1.46 bits per heavy atom. The molecule has 0 heterocycles. The average Bonchev–Trinajstić information content (AvgIpc) is 2.71. The second-order valence-corrected chi connectivity index (χ2v) is 6.12. The molecule has 148 valence electrons. The first-order valence-corrected chi connectivity index (χ1v) is 9.56. The van der Waals surface area contributed by atoms with Gasteiger partial charge in [-0.3, -0.25) is 0 Å². The summed E-state index contributed by atoms with van der Waals surface area (Å²) in [4.78, 5) is 10.8. The third-order valence-corrected chi connectivity index (χ3v) is 3.81. The van der Waals surface area contributed by atoms with Crippen LogP contribution in [0.1, 0.15) is 42.5 Å². The van der Waals surface area contributed by atoms with Crippen molar-refractivity contribution in [1.82, 2.24) is 0 Å². The fraction of sp³-hybridized carbons (Fsp3) is 0.269. The van der Waals surface area contributed by atoms with Gasteiger partial charge in [0.25, 0.3) is 0 Å². The van der Waals surface area contributed by atoms with Crippen LogP contribution in [0.3, 0.4) is 0 Å². The van der Waals surface area contributed by atoms with Gasteiger partial charge >= 0.3 is 5.97 Å². The van der Waals surface area contributed by atoms with Crippen molar-refractivity contribution in [1.29, 1.82) is 0 Å². The number of allylic oxidation sites excluding steroid dienone is 2. The van der Waals surface area contributed by atoms with Crippen molar-refractivity contribution in [2.24, 2.45) is 0 Å². The number of carboxylic acids is 1. The topological polar surface area (TPSA) is 37.3 Å². The molecule has 0 aliphatic rings. The maximum atomic E-state index is 10.8. The van der Waals surface area contributed by atoms with Crippen molar-refractivity contribution in [3.05, 3.63) is 95.1 Å². The van der Waals surface area contributed by atoms with E-state index < -0.39 is 5.97 Å². The summed E-state index contributed by atoms with van der Waals surface area (Å²) in [5.74, 6) is 1.27. The monoisotopic (exact) mass is 376 g/mol. The number of terminal acetylenes is 1. The Bertz CT molecular complexity index is 773. The van der Waals surface area contributed by atoms with E-state index in [1.807, 2.05) is 51.1 Å². The lowest BCUT2D eigenvalue weighted by molar-refractivity contribution is -0.132. The number of hydrogen-bond donors (Lipinski definition) is 1. The lowest BCUT2D eigenvalue weighted by Crippen LogP contribution is -2.03. The predicted molar refractivity (Wildman–Crippen MR) is 120 cm³/mol. The van der Waals surface area contributed by atoms with E-state index in [0.29, 0.717) is 6.42 Å². The van der Waals surface area contributed by atoms with Crippen molar-refractivity contribution >= 4 is 5.97 Å². The maximum Gasteiger partial charge on any atom is 0.332 e. The van der Waals surface area contributed by atoms with Crippen LogP contribution in [-0.2, 0) is 17.6 Å². The maximum absolute atomic E-state index is 10.8. The molecule has 0 fully saturated rings. The van der Waals surface area contributed by atoms with E-state index >= 15 is 0 Å². The molecule has 0 aliphatic heterocycles. The van der Waals surface area contributed by atoms with Crippen LogP contribution in [0.5, 0.6) is 0 Å². The fourth-order valence-corrected chi connectivity index (χ4v) is 2.24. The fourth-order valence-electron chi connectivity index (χ4n) is 2.24. The molecule has 2 aromatic carbocycles. The Hall–Kier alpha value is -3.05. The van der Waals surface area contributed by atoms with Crippen LogP contribution in [0.2, 0.25) is 0 Å². The van der Waals surface area contributed by atoms with Crippen LogP contribution in [0, 0.1) is 26.2 Å². The third kappa shape index (κ3) is 10.8. The van der Waals surface area contributed by atoms with E-state index in [-0.39, 0.29) is 5.57 Å². The molecule has 2 aromatic rings. The molecule has 2 nitrogen and oxygen atoms in total. The Kier molecular flexibility index (Phi) is 13.4. The van der Waals surface area contributed by atoms with Crippen LogP contribution in [-0.4, -0.2) is 11.1 Å². The van der Waals surface area contributed by atoms with E-state index in [9.17, 15) is 4.79 Å². The van der Waals surface area contributed by atoms with Gasteiger partial charge in [0.05, 0.1) is 0 Å². The highest BCUT2D eigenvalue weighted by atomic mass is 16.4. The number of aliphatic carboxylic acids is 1. The number of hydrogen-bond acceptors (Lipinski definition) is 1. The minimum atomic E-state index is -0.964. The molecule has 2 heteroatoms. The zero-order chi connectivity index (χ0) is 21.4. The number of aryl methyl sites for hydroxylation is 3. The Morgan fingerprint density at radius 3 is 1.86 bits per heavy atom. The van der Waals surface area contributed by atoms with Crippen molar-refractivity contribution in [2.75, 3.05) is 0 Å². The zero-order valence-electron chi connectivity index (χ0n) is 17.5. The van der Waals surface area contributed by atoms with Crippen molar-refractivity contribution in [2.45, 2.75) is 47.0 Å². The van der Waals surface area contributed by atoms with Gasteiger partial charge in [-0.25, -0.2) is 4.79 Å². The van der Waals surface area contributed by atoms with E-state index in [0.717, 1.165) is 24.0 Å². The zero-order valence-corrected chi connectivity index (χ0v) is 17.5. The summed E-state index contributed by atoms with van der Waals surface area (Å²) in [6, 6.07) is 16.4. The van der Waals surface area contributed by atoms with Crippen LogP contribution in [0.4, 0.5) is 0 Å². The Morgan fingerprint density at radius 1 is 1.00 bits per heavy atom. The molecule has 0 amide bonds. The molecular weight excluding hydrogens is 344 g/mol. The number of carbonyl (C=O) groups is 1.